The minimum Gasteiger partial charge on any atom is -0.389 e. The van der Waals surface area contributed by atoms with Gasteiger partial charge in [-0.3, -0.25) is 4.79 Å². The zero-order valence-electron chi connectivity index (χ0n) is 12.0. The molecule has 0 aromatic carbocycles. The van der Waals surface area contributed by atoms with E-state index in [1.165, 1.54) is 0 Å². The van der Waals surface area contributed by atoms with Crippen molar-refractivity contribution in [2.45, 2.75) is 58.5 Å². The normalized spacial score (nSPS) is 29.1. The smallest absolute Gasteiger partial charge is 0.223 e. The molecule has 0 radical (unpaired) electrons. The fourth-order valence-electron chi connectivity index (χ4n) is 2.33. The topological polar surface area (TPSA) is 75.3 Å². The van der Waals surface area contributed by atoms with E-state index in [2.05, 4.69) is 26.1 Å². The van der Waals surface area contributed by atoms with Crippen LogP contribution in [0.4, 0.5) is 0 Å². The number of hydrogen-bond acceptors (Lipinski definition) is 3. The summed E-state index contributed by atoms with van der Waals surface area (Å²) in [5.74, 6) is 0.190. The summed E-state index contributed by atoms with van der Waals surface area (Å²) in [4.78, 5) is 12.0. The number of nitrogens with two attached hydrogens (primary N) is 1. The summed E-state index contributed by atoms with van der Waals surface area (Å²) in [6.45, 7) is 7.54. The molecule has 4 nitrogen and oxygen atoms in total. The highest BCUT2D eigenvalue weighted by Crippen LogP contribution is 2.31. The van der Waals surface area contributed by atoms with Gasteiger partial charge in [0.15, 0.2) is 0 Å². The van der Waals surface area contributed by atoms with Gasteiger partial charge < -0.3 is 16.2 Å². The van der Waals surface area contributed by atoms with Crippen molar-refractivity contribution in [1.82, 2.24) is 5.32 Å². The molecule has 0 heterocycles. The second kappa shape index (κ2) is 6.02. The number of carbonyl (C=O) groups is 1. The molecule has 1 amide bonds. The summed E-state index contributed by atoms with van der Waals surface area (Å²) in [6, 6.07) is 0. The van der Waals surface area contributed by atoms with E-state index in [0.29, 0.717) is 19.4 Å². The molecule has 1 fully saturated rings. The van der Waals surface area contributed by atoms with E-state index < -0.39 is 5.60 Å². The Morgan fingerprint density at radius 3 is 2.39 bits per heavy atom. The molecule has 0 spiro atoms. The Kier molecular flexibility index (Phi) is 5.17. The van der Waals surface area contributed by atoms with Crippen LogP contribution in [0, 0.1) is 11.3 Å². The molecule has 0 unspecified atom stereocenters. The average Bonchev–Trinajstić information content (AvgIpc) is 2.28. The molecule has 0 bridgehead atoms. The molecule has 0 aliphatic heterocycles. The third-order valence-corrected chi connectivity index (χ3v) is 3.84. The summed E-state index contributed by atoms with van der Waals surface area (Å²) < 4.78 is 0. The van der Waals surface area contributed by atoms with Gasteiger partial charge in [-0.05, 0) is 37.5 Å². The van der Waals surface area contributed by atoms with Crippen LogP contribution in [0.15, 0.2) is 0 Å². The van der Waals surface area contributed by atoms with Gasteiger partial charge in [0, 0.05) is 19.0 Å². The molecule has 1 aliphatic rings. The van der Waals surface area contributed by atoms with E-state index in [4.69, 9.17) is 5.73 Å². The Balaban J connectivity index is 2.28. The van der Waals surface area contributed by atoms with Crippen molar-refractivity contribution in [3.8, 4) is 0 Å². The first-order chi connectivity index (χ1) is 8.26. The second-order valence-electron chi connectivity index (χ2n) is 6.80. The number of rotatable bonds is 4. The maximum atomic E-state index is 12.0. The van der Waals surface area contributed by atoms with Crippen LogP contribution in [-0.4, -0.2) is 29.7 Å². The van der Waals surface area contributed by atoms with Gasteiger partial charge in [0.2, 0.25) is 5.91 Å². The van der Waals surface area contributed by atoms with Gasteiger partial charge in [-0.15, -0.1) is 0 Å². The molecule has 0 aromatic rings. The summed E-state index contributed by atoms with van der Waals surface area (Å²) >= 11 is 0. The quantitative estimate of drug-likeness (QED) is 0.712. The van der Waals surface area contributed by atoms with Crippen LogP contribution in [0.3, 0.4) is 0 Å². The Morgan fingerprint density at radius 2 is 1.94 bits per heavy atom. The second-order valence-corrected chi connectivity index (χ2v) is 6.80. The number of nitrogens with one attached hydrogen (secondary N) is 1. The minimum absolute atomic E-state index is 0.0526. The fraction of sp³-hybridized carbons (Fsp3) is 0.929. The number of carbonyl (C=O) groups excluding carboxylic acids is 1. The standard InChI is InChI=1S/C14H28N2O2/c1-13(2,3)8-9-16-12(17)11-4-6-14(18,10-15)7-5-11/h11,18H,4-10,15H2,1-3H3,(H,16,17). The van der Waals surface area contributed by atoms with E-state index >= 15 is 0 Å². The molecule has 18 heavy (non-hydrogen) atoms. The molecular formula is C14H28N2O2. The van der Waals surface area contributed by atoms with Gasteiger partial charge in [-0.2, -0.15) is 0 Å². The van der Waals surface area contributed by atoms with Crippen LogP contribution >= 0.6 is 0 Å². The van der Waals surface area contributed by atoms with Crippen LogP contribution in [-0.2, 0) is 4.79 Å². The first kappa shape index (κ1) is 15.4. The Labute approximate surface area is 110 Å². The summed E-state index contributed by atoms with van der Waals surface area (Å²) in [5, 5.41) is 13.0. The Bertz CT molecular complexity index is 276. The van der Waals surface area contributed by atoms with Crippen molar-refractivity contribution in [2.24, 2.45) is 17.1 Å². The third-order valence-electron chi connectivity index (χ3n) is 3.84. The fourth-order valence-corrected chi connectivity index (χ4v) is 2.33. The Morgan fingerprint density at radius 1 is 1.39 bits per heavy atom. The Hall–Kier alpha value is -0.610. The van der Waals surface area contributed by atoms with Crippen LogP contribution in [0.2, 0.25) is 0 Å². The molecule has 4 heteroatoms. The van der Waals surface area contributed by atoms with Gasteiger partial charge in [0.05, 0.1) is 5.60 Å². The van der Waals surface area contributed by atoms with Gasteiger partial charge in [-0.1, -0.05) is 20.8 Å². The maximum Gasteiger partial charge on any atom is 0.223 e. The zero-order chi connectivity index (χ0) is 13.8. The highest BCUT2D eigenvalue weighted by molar-refractivity contribution is 5.78. The maximum absolute atomic E-state index is 12.0. The highest BCUT2D eigenvalue weighted by Gasteiger charge is 2.34. The minimum atomic E-state index is -0.734. The van der Waals surface area contributed by atoms with Crippen molar-refractivity contribution in [3.63, 3.8) is 0 Å². The zero-order valence-corrected chi connectivity index (χ0v) is 12.0. The summed E-state index contributed by atoms with van der Waals surface area (Å²) in [7, 11) is 0. The molecule has 0 aromatic heterocycles. The lowest BCUT2D eigenvalue weighted by Crippen LogP contribution is -2.44. The molecule has 0 saturated heterocycles. The van der Waals surface area contributed by atoms with Crippen molar-refractivity contribution in [3.05, 3.63) is 0 Å². The SMILES string of the molecule is CC(C)(C)CCNC(=O)C1CCC(O)(CN)CC1. The highest BCUT2D eigenvalue weighted by atomic mass is 16.3. The molecule has 4 N–H and O–H groups in total. The van der Waals surface area contributed by atoms with Gasteiger partial charge in [0.25, 0.3) is 0 Å². The van der Waals surface area contributed by atoms with Gasteiger partial charge in [0.1, 0.15) is 0 Å². The van der Waals surface area contributed by atoms with Crippen molar-refractivity contribution >= 4 is 5.91 Å². The molecule has 1 saturated carbocycles. The lowest BCUT2D eigenvalue weighted by Gasteiger charge is -2.34. The number of aliphatic hydroxyl groups is 1. The lowest BCUT2D eigenvalue weighted by atomic mass is 9.78. The van der Waals surface area contributed by atoms with Crippen LogP contribution < -0.4 is 11.1 Å². The van der Waals surface area contributed by atoms with E-state index in [0.717, 1.165) is 25.8 Å². The lowest BCUT2D eigenvalue weighted by molar-refractivity contribution is -0.127. The third kappa shape index (κ3) is 4.94. The van der Waals surface area contributed by atoms with E-state index in [9.17, 15) is 9.90 Å². The number of hydrogen-bond donors (Lipinski definition) is 3. The van der Waals surface area contributed by atoms with E-state index in [-0.39, 0.29) is 17.2 Å². The molecule has 1 rings (SSSR count). The largest absolute Gasteiger partial charge is 0.389 e. The van der Waals surface area contributed by atoms with E-state index in [1.807, 2.05) is 0 Å². The first-order valence-electron chi connectivity index (χ1n) is 6.96. The predicted octanol–water partition coefficient (Wildman–Crippen LogP) is 1.42. The summed E-state index contributed by atoms with van der Waals surface area (Å²) in [6.07, 6.45) is 3.75. The molecule has 106 valence electrons. The monoisotopic (exact) mass is 256 g/mol. The van der Waals surface area contributed by atoms with Crippen LogP contribution in [0.1, 0.15) is 52.9 Å². The van der Waals surface area contributed by atoms with Crippen molar-refractivity contribution in [2.75, 3.05) is 13.1 Å². The molecular weight excluding hydrogens is 228 g/mol. The van der Waals surface area contributed by atoms with Crippen LogP contribution in [0.5, 0.6) is 0 Å². The van der Waals surface area contributed by atoms with Crippen molar-refractivity contribution in [1.29, 1.82) is 0 Å². The van der Waals surface area contributed by atoms with E-state index in [1.54, 1.807) is 0 Å². The first-order valence-corrected chi connectivity index (χ1v) is 6.96. The van der Waals surface area contributed by atoms with Gasteiger partial charge >= 0.3 is 0 Å². The van der Waals surface area contributed by atoms with Crippen LogP contribution in [0.25, 0.3) is 0 Å². The van der Waals surface area contributed by atoms with Crippen molar-refractivity contribution < 1.29 is 9.90 Å². The molecule has 0 atom stereocenters. The summed E-state index contributed by atoms with van der Waals surface area (Å²) in [5.41, 5.74) is 5.05. The van der Waals surface area contributed by atoms with Gasteiger partial charge in [-0.25, -0.2) is 0 Å². The average molecular weight is 256 g/mol. The predicted molar refractivity (Wildman–Crippen MR) is 73.0 cm³/mol. The number of amides is 1. The molecule has 1 aliphatic carbocycles.